The van der Waals surface area contributed by atoms with Crippen LogP contribution in [-0.2, 0) is 5.54 Å². The highest BCUT2D eigenvalue weighted by Crippen LogP contribution is 2.39. The van der Waals surface area contributed by atoms with Crippen LogP contribution >= 0.6 is 15.9 Å². The van der Waals surface area contributed by atoms with Crippen molar-refractivity contribution in [3.05, 3.63) is 57.7 Å². The number of nitrogens with one attached hydrogen (secondary N) is 1. The van der Waals surface area contributed by atoms with E-state index in [1.807, 2.05) is 6.92 Å². The molecule has 0 atom stereocenters. The monoisotopic (exact) mass is 365 g/mol. The summed E-state index contributed by atoms with van der Waals surface area (Å²) >= 11 is 3.24. The van der Waals surface area contributed by atoms with Gasteiger partial charge >= 0.3 is 0 Å². The Balaban J connectivity index is 1.90. The van der Waals surface area contributed by atoms with Gasteiger partial charge < -0.3 is 9.73 Å². The lowest BCUT2D eigenvalue weighted by molar-refractivity contribution is 0.0867. The van der Waals surface area contributed by atoms with E-state index in [4.69, 9.17) is 4.42 Å². The minimum absolute atomic E-state index is 0.227. The number of amides is 1. The fourth-order valence-electron chi connectivity index (χ4n) is 3.18. The molecule has 1 aromatic carbocycles. The summed E-state index contributed by atoms with van der Waals surface area (Å²) in [6.45, 7) is 1.84. The van der Waals surface area contributed by atoms with Gasteiger partial charge in [-0.3, -0.25) is 4.79 Å². The molecule has 0 spiro atoms. The van der Waals surface area contributed by atoms with Crippen molar-refractivity contribution in [2.75, 3.05) is 0 Å². The smallest absolute Gasteiger partial charge is 0.288 e. The van der Waals surface area contributed by atoms with E-state index >= 15 is 0 Å². The zero-order valence-corrected chi connectivity index (χ0v) is 13.9. The highest BCUT2D eigenvalue weighted by atomic mass is 79.9. The first-order valence-electron chi connectivity index (χ1n) is 7.35. The Kier molecular flexibility index (Phi) is 4.08. The van der Waals surface area contributed by atoms with Crippen LogP contribution in [0.3, 0.4) is 0 Å². The van der Waals surface area contributed by atoms with Crippen molar-refractivity contribution < 1.29 is 13.6 Å². The minimum atomic E-state index is -0.434. The van der Waals surface area contributed by atoms with Crippen molar-refractivity contribution in [1.82, 2.24) is 5.32 Å². The summed E-state index contributed by atoms with van der Waals surface area (Å²) < 4.78 is 19.1. The lowest BCUT2D eigenvalue weighted by Gasteiger charge is -2.30. The Bertz CT molecular complexity index is 687. The fraction of sp³-hybridized carbons (Fsp3) is 0.353. The molecule has 22 heavy (non-hydrogen) atoms. The summed E-state index contributed by atoms with van der Waals surface area (Å²) in [7, 11) is 0. The molecule has 1 saturated carbocycles. The maximum Gasteiger partial charge on any atom is 0.288 e. The van der Waals surface area contributed by atoms with E-state index < -0.39 is 5.54 Å². The summed E-state index contributed by atoms with van der Waals surface area (Å²) in [5.74, 6) is -0.177. The third kappa shape index (κ3) is 2.82. The molecule has 1 aliphatic carbocycles. The Hall–Kier alpha value is -1.62. The van der Waals surface area contributed by atoms with Gasteiger partial charge in [-0.1, -0.05) is 25.0 Å². The van der Waals surface area contributed by atoms with Gasteiger partial charge in [0.1, 0.15) is 5.82 Å². The van der Waals surface area contributed by atoms with Crippen LogP contribution in [-0.4, -0.2) is 5.91 Å². The number of carbonyl (C=O) groups is 1. The molecule has 0 aliphatic heterocycles. The second kappa shape index (κ2) is 5.88. The van der Waals surface area contributed by atoms with Crippen molar-refractivity contribution in [3.8, 4) is 0 Å². The predicted octanol–water partition coefficient (Wildman–Crippen LogP) is 4.69. The Morgan fingerprint density at radius 1 is 1.27 bits per heavy atom. The van der Waals surface area contributed by atoms with E-state index in [1.54, 1.807) is 18.2 Å². The molecular weight excluding hydrogens is 349 g/mol. The fourth-order valence-corrected chi connectivity index (χ4v) is 3.68. The Labute approximate surface area is 137 Å². The van der Waals surface area contributed by atoms with E-state index in [9.17, 15) is 9.18 Å². The number of halogens is 2. The van der Waals surface area contributed by atoms with Gasteiger partial charge in [0.15, 0.2) is 10.4 Å². The van der Waals surface area contributed by atoms with Gasteiger partial charge in [0, 0.05) is 5.56 Å². The molecule has 1 amide bonds. The molecule has 116 valence electrons. The molecule has 0 unspecified atom stereocenters. The zero-order valence-electron chi connectivity index (χ0n) is 12.3. The maximum absolute atomic E-state index is 13.2. The molecule has 1 fully saturated rings. The molecule has 5 heteroatoms. The summed E-state index contributed by atoms with van der Waals surface area (Å²) in [5.41, 5.74) is 1.30. The molecule has 0 saturated heterocycles. The Morgan fingerprint density at radius 3 is 2.45 bits per heavy atom. The SMILES string of the molecule is Cc1cc(Br)oc1C(=O)NC1(c2ccc(F)cc2)CCCC1. The minimum Gasteiger partial charge on any atom is -0.444 e. The van der Waals surface area contributed by atoms with Crippen molar-refractivity contribution in [2.24, 2.45) is 0 Å². The molecule has 0 bridgehead atoms. The summed E-state index contributed by atoms with van der Waals surface area (Å²) in [6.07, 6.45) is 3.79. The van der Waals surface area contributed by atoms with Gasteiger partial charge in [0.05, 0.1) is 5.54 Å². The van der Waals surface area contributed by atoms with Crippen molar-refractivity contribution in [1.29, 1.82) is 0 Å². The van der Waals surface area contributed by atoms with Crippen LogP contribution < -0.4 is 5.32 Å². The first-order chi connectivity index (χ1) is 10.5. The maximum atomic E-state index is 13.2. The highest BCUT2D eigenvalue weighted by molar-refractivity contribution is 9.10. The van der Waals surface area contributed by atoms with Crippen LogP contribution in [0.5, 0.6) is 0 Å². The number of furan rings is 1. The lowest BCUT2D eigenvalue weighted by Crippen LogP contribution is -2.43. The largest absolute Gasteiger partial charge is 0.444 e. The highest BCUT2D eigenvalue weighted by Gasteiger charge is 2.38. The van der Waals surface area contributed by atoms with Crippen molar-refractivity contribution >= 4 is 21.8 Å². The average Bonchev–Trinajstić information content (AvgIpc) is 3.07. The van der Waals surface area contributed by atoms with Gasteiger partial charge in [0.2, 0.25) is 0 Å². The van der Waals surface area contributed by atoms with E-state index in [-0.39, 0.29) is 11.7 Å². The standard InChI is InChI=1S/C17H17BrFNO2/c1-11-10-14(18)22-15(11)16(21)20-17(8-2-3-9-17)12-4-6-13(19)7-5-12/h4-7,10H,2-3,8-9H2,1H3,(H,20,21). The topological polar surface area (TPSA) is 42.2 Å². The van der Waals surface area contributed by atoms with E-state index in [0.29, 0.717) is 10.4 Å². The third-order valence-electron chi connectivity index (χ3n) is 4.30. The summed E-state index contributed by atoms with van der Waals surface area (Å²) in [4.78, 5) is 12.6. The van der Waals surface area contributed by atoms with Crippen LogP contribution in [0.2, 0.25) is 0 Å². The van der Waals surface area contributed by atoms with Gasteiger partial charge in [-0.25, -0.2) is 4.39 Å². The summed E-state index contributed by atoms with van der Waals surface area (Å²) in [5, 5.41) is 3.12. The van der Waals surface area contributed by atoms with E-state index in [2.05, 4.69) is 21.2 Å². The van der Waals surface area contributed by atoms with Crippen molar-refractivity contribution in [2.45, 2.75) is 38.1 Å². The molecule has 1 heterocycles. The third-order valence-corrected chi connectivity index (χ3v) is 4.69. The normalized spacial score (nSPS) is 16.7. The zero-order chi connectivity index (χ0) is 15.7. The van der Waals surface area contributed by atoms with E-state index in [1.165, 1.54) is 12.1 Å². The molecule has 1 aliphatic rings. The molecule has 3 nitrogen and oxygen atoms in total. The van der Waals surface area contributed by atoms with Crippen LogP contribution in [0.1, 0.15) is 47.4 Å². The van der Waals surface area contributed by atoms with Crippen LogP contribution in [0.15, 0.2) is 39.4 Å². The first kappa shape index (κ1) is 15.3. The number of hydrogen-bond acceptors (Lipinski definition) is 2. The summed E-state index contributed by atoms with van der Waals surface area (Å²) in [6, 6.07) is 8.17. The van der Waals surface area contributed by atoms with Gasteiger partial charge in [-0.2, -0.15) is 0 Å². The molecule has 3 rings (SSSR count). The van der Waals surface area contributed by atoms with Gasteiger partial charge in [-0.15, -0.1) is 0 Å². The number of hydrogen-bond donors (Lipinski definition) is 1. The molecule has 2 aromatic rings. The number of carbonyl (C=O) groups excluding carboxylic acids is 1. The average molecular weight is 366 g/mol. The number of aryl methyl sites for hydroxylation is 1. The van der Waals surface area contributed by atoms with Gasteiger partial charge in [-0.05, 0) is 59.5 Å². The van der Waals surface area contributed by atoms with Crippen LogP contribution in [0.25, 0.3) is 0 Å². The molecule has 1 N–H and O–H groups in total. The van der Waals surface area contributed by atoms with E-state index in [0.717, 1.165) is 36.8 Å². The van der Waals surface area contributed by atoms with Gasteiger partial charge in [0.25, 0.3) is 5.91 Å². The number of rotatable bonds is 3. The quantitative estimate of drug-likeness (QED) is 0.857. The molecule has 0 radical (unpaired) electrons. The predicted molar refractivity (Wildman–Crippen MR) is 85.2 cm³/mol. The molecule has 1 aromatic heterocycles. The van der Waals surface area contributed by atoms with Crippen LogP contribution in [0, 0.1) is 12.7 Å². The Morgan fingerprint density at radius 2 is 1.91 bits per heavy atom. The molecular formula is C17H17BrFNO2. The lowest BCUT2D eigenvalue weighted by atomic mass is 9.88. The first-order valence-corrected chi connectivity index (χ1v) is 8.14. The second-order valence-corrected chi connectivity index (χ2v) is 6.59. The number of benzene rings is 1. The second-order valence-electron chi connectivity index (χ2n) is 5.81. The van der Waals surface area contributed by atoms with Crippen LogP contribution in [0.4, 0.5) is 4.39 Å². The van der Waals surface area contributed by atoms with Crippen molar-refractivity contribution in [3.63, 3.8) is 0 Å².